The number of phenols is 2. The highest BCUT2D eigenvalue weighted by molar-refractivity contribution is 5.44. The topological polar surface area (TPSA) is 40.5 Å². The third-order valence-electron chi connectivity index (χ3n) is 8.20. The Morgan fingerprint density at radius 2 is 1.07 bits per heavy atom. The fourth-order valence-electron chi connectivity index (χ4n) is 6.25. The summed E-state index contributed by atoms with van der Waals surface area (Å²) in [5.41, 5.74) is 3.24. The van der Waals surface area contributed by atoms with Gasteiger partial charge in [-0.1, -0.05) is 52.0 Å². The summed E-state index contributed by atoms with van der Waals surface area (Å²) in [5.74, 6) is 2.04. The lowest BCUT2D eigenvalue weighted by atomic mass is 9.46. The number of aromatic hydroxyl groups is 2. The Morgan fingerprint density at radius 3 is 1.54 bits per heavy atom. The zero-order valence-corrected chi connectivity index (χ0v) is 17.7. The highest BCUT2D eigenvalue weighted by Gasteiger charge is 2.54. The van der Waals surface area contributed by atoms with Crippen LogP contribution in [0.25, 0.3) is 0 Å². The van der Waals surface area contributed by atoms with Crippen LogP contribution < -0.4 is 0 Å². The van der Waals surface area contributed by atoms with E-state index in [2.05, 4.69) is 52.0 Å². The SMILES string of the molecule is CC1(C)CCC(C)(C)C2CC(c3ccc(O)cc3)(c3ccc(O)cc3)CCC21. The molecule has 0 spiro atoms. The third kappa shape index (κ3) is 3.11. The van der Waals surface area contributed by atoms with Crippen LogP contribution in [0.1, 0.15) is 70.9 Å². The molecule has 2 aromatic carbocycles. The summed E-state index contributed by atoms with van der Waals surface area (Å²) in [5, 5.41) is 19.7. The van der Waals surface area contributed by atoms with E-state index in [4.69, 9.17) is 0 Å². The Bertz CT molecular complexity index is 784. The van der Waals surface area contributed by atoms with Gasteiger partial charge in [0, 0.05) is 5.41 Å². The van der Waals surface area contributed by atoms with Gasteiger partial charge in [-0.25, -0.2) is 0 Å². The van der Waals surface area contributed by atoms with Crippen molar-refractivity contribution >= 4 is 0 Å². The van der Waals surface area contributed by atoms with Crippen LogP contribution >= 0.6 is 0 Å². The first-order chi connectivity index (χ1) is 13.1. The van der Waals surface area contributed by atoms with Crippen LogP contribution in [0, 0.1) is 22.7 Å². The Kier molecular flexibility index (Phi) is 4.52. The quantitative estimate of drug-likeness (QED) is 0.614. The predicted molar refractivity (Wildman–Crippen MR) is 115 cm³/mol. The van der Waals surface area contributed by atoms with Crippen LogP contribution in [0.4, 0.5) is 0 Å². The largest absolute Gasteiger partial charge is 0.508 e. The maximum absolute atomic E-state index is 9.85. The summed E-state index contributed by atoms with van der Waals surface area (Å²) in [4.78, 5) is 0. The number of hydrogen-bond acceptors (Lipinski definition) is 2. The molecule has 150 valence electrons. The van der Waals surface area contributed by atoms with Crippen molar-refractivity contribution in [2.45, 2.75) is 65.2 Å². The highest BCUT2D eigenvalue weighted by atomic mass is 16.3. The van der Waals surface area contributed by atoms with Crippen molar-refractivity contribution < 1.29 is 10.2 Å². The fourth-order valence-corrected chi connectivity index (χ4v) is 6.25. The molecule has 2 aliphatic rings. The summed E-state index contributed by atoms with van der Waals surface area (Å²) in [6, 6.07) is 15.7. The zero-order valence-electron chi connectivity index (χ0n) is 17.7. The van der Waals surface area contributed by atoms with Crippen LogP contribution in [0.3, 0.4) is 0 Å². The number of fused-ring (bicyclic) bond motifs is 1. The van der Waals surface area contributed by atoms with E-state index in [0.717, 1.165) is 18.8 Å². The number of hydrogen-bond donors (Lipinski definition) is 2. The van der Waals surface area contributed by atoms with Crippen LogP contribution in [0.2, 0.25) is 0 Å². The second kappa shape index (κ2) is 6.54. The van der Waals surface area contributed by atoms with Crippen molar-refractivity contribution in [1.29, 1.82) is 0 Å². The van der Waals surface area contributed by atoms with Crippen molar-refractivity contribution in [3.8, 4) is 11.5 Å². The van der Waals surface area contributed by atoms with Crippen molar-refractivity contribution in [1.82, 2.24) is 0 Å². The molecule has 0 radical (unpaired) electrons. The lowest BCUT2D eigenvalue weighted by molar-refractivity contribution is -0.0603. The molecule has 2 nitrogen and oxygen atoms in total. The van der Waals surface area contributed by atoms with Gasteiger partial charge in [0.2, 0.25) is 0 Å². The average Bonchev–Trinajstić information content (AvgIpc) is 2.66. The smallest absolute Gasteiger partial charge is 0.115 e. The minimum atomic E-state index is -0.0622. The minimum Gasteiger partial charge on any atom is -0.508 e. The molecule has 2 fully saturated rings. The number of phenolic OH excluding ortho intramolecular Hbond substituents is 2. The molecule has 0 heterocycles. The molecule has 2 N–H and O–H groups in total. The Balaban J connectivity index is 1.83. The Labute approximate surface area is 169 Å². The lowest BCUT2D eigenvalue weighted by Gasteiger charge is -2.59. The third-order valence-corrected chi connectivity index (χ3v) is 8.20. The molecular weight excluding hydrogens is 344 g/mol. The maximum Gasteiger partial charge on any atom is 0.115 e. The van der Waals surface area contributed by atoms with E-state index in [0.29, 0.717) is 28.2 Å². The summed E-state index contributed by atoms with van der Waals surface area (Å²) in [6.07, 6.45) is 6.06. The second-order valence-electron chi connectivity index (χ2n) is 10.6. The van der Waals surface area contributed by atoms with Crippen molar-refractivity contribution in [3.63, 3.8) is 0 Å². The molecule has 0 bridgehead atoms. The summed E-state index contributed by atoms with van der Waals surface area (Å²) < 4.78 is 0. The predicted octanol–water partition coefficient (Wildman–Crippen LogP) is 6.65. The molecule has 2 saturated carbocycles. The summed E-state index contributed by atoms with van der Waals surface area (Å²) in [6.45, 7) is 9.86. The standard InChI is InChI=1S/C26H34O2/c1-24(2)15-16-25(3,4)23-17-26(14-13-22(23)24,18-5-9-20(27)10-6-18)19-7-11-21(28)12-8-19/h5-12,22-23,27-28H,13-17H2,1-4H3. The van der Waals surface area contributed by atoms with Crippen LogP contribution in [0.5, 0.6) is 11.5 Å². The van der Waals surface area contributed by atoms with Crippen molar-refractivity contribution in [2.75, 3.05) is 0 Å². The molecule has 2 unspecified atom stereocenters. The molecule has 0 aliphatic heterocycles. The van der Waals surface area contributed by atoms with Gasteiger partial charge in [0.05, 0.1) is 0 Å². The van der Waals surface area contributed by atoms with E-state index in [1.165, 1.54) is 30.4 Å². The summed E-state index contributed by atoms with van der Waals surface area (Å²) in [7, 11) is 0. The lowest BCUT2D eigenvalue weighted by Crippen LogP contribution is -2.51. The second-order valence-corrected chi connectivity index (χ2v) is 10.6. The Hall–Kier alpha value is -1.96. The highest BCUT2D eigenvalue weighted by Crippen LogP contribution is 2.62. The molecule has 0 saturated heterocycles. The van der Waals surface area contributed by atoms with Gasteiger partial charge in [-0.15, -0.1) is 0 Å². The molecule has 4 rings (SSSR count). The molecular formula is C26H34O2. The van der Waals surface area contributed by atoms with Gasteiger partial charge < -0.3 is 10.2 Å². The molecule has 2 aromatic rings. The van der Waals surface area contributed by atoms with Crippen molar-refractivity contribution in [3.05, 3.63) is 59.7 Å². The van der Waals surface area contributed by atoms with E-state index < -0.39 is 0 Å². The molecule has 2 aliphatic carbocycles. The molecule has 0 amide bonds. The van der Waals surface area contributed by atoms with Gasteiger partial charge in [-0.2, -0.15) is 0 Å². The van der Waals surface area contributed by atoms with Gasteiger partial charge in [0.1, 0.15) is 11.5 Å². The van der Waals surface area contributed by atoms with Gasteiger partial charge in [-0.05, 0) is 90.2 Å². The van der Waals surface area contributed by atoms with Crippen LogP contribution in [-0.4, -0.2) is 10.2 Å². The summed E-state index contributed by atoms with van der Waals surface area (Å²) >= 11 is 0. The monoisotopic (exact) mass is 378 g/mol. The van der Waals surface area contributed by atoms with E-state index in [1.807, 2.05) is 24.3 Å². The molecule has 2 heteroatoms. The van der Waals surface area contributed by atoms with Crippen LogP contribution in [0.15, 0.2) is 48.5 Å². The number of benzene rings is 2. The van der Waals surface area contributed by atoms with E-state index in [1.54, 1.807) is 0 Å². The fraction of sp³-hybridized carbons (Fsp3) is 0.538. The normalized spacial score (nSPS) is 27.7. The molecule has 2 atom stereocenters. The van der Waals surface area contributed by atoms with Gasteiger partial charge in [0.15, 0.2) is 0 Å². The number of rotatable bonds is 2. The Morgan fingerprint density at radius 1 is 0.643 bits per heavy atom. The molecule has 0 aromatic heterocycles. The van der Waals surface area contributed by atoms with E-state index in [-0.39, 0.29) is 5.41 Å². The van der Waals surface area contributed by atoms with Crippen LogP contribution in [-0.2, 0) is 5.41 Å². The maximum atomic E-state index is 9.85. The first-order valence-corrected chi connectivity index (χ1v) is 10.7. The average molecular weight is 379 g/mol. The zero-order chi connectivity index (χ0) is 20.2. The van der Waals surface area contributed by atoms with E-state index >= 15 is 0 Å². The molecule has 28 heavy (non-hydrogen) atoms. The van der Waals surface area contributed by atoms with E-state index in [9.17, 15) is 10.2 Å². The first-order valence-electron chi connectivity index (χ1n) is 10.7. The van der Waals surface area contributed by atoms with Gasteiger partial charge >= 0.3 is 0 Å². The minimum absolute atomic E-state index is 0.0622. The van der Waals surface area contributed by atoms with Gasteiger partial charge in [0.25, 0.3) is 0 Å². The van der Waals surface area contributed by atoms with Crippen molar-refractivity contribution in [2.24, 2.45) is 22.7 Å². The first kappa shape index (κ1) is 19.4. The van der Waals surface area contributed by atoms with Gasteiger partial charge in [-0.3, -0.25) is 0 Å².